The lowest BCUT2D eigenvalue weighted by atomic mass is 10.0. The molecule has 174 valence electrons. The molecule has 2 aromatic carbocycles. The summed E-state index contributed by atoms with van der Waals surface area (Å²) >= 11 is 0. The van der Waals surface area contributed by atoms with E-state index in [4.69, 9.17) is 19.2 Å². The summed E-state index contributed by atoms with van der Waals surface area (Å²) in [4.78, 5) is 7.28. The van der Waals surface area contributed by atoms with Crippen molar-refractivity contribution in [3.63, 3.8) is 0 Å². The predicted molar refractivity (Wildman–Crippen MR) is 137 cm³/mol. The molecule has 0 spiro atoms. The first kappa shape index (κ1) is 24.6. The quantitative estimate of drug-likeness (QED) is 0.312. The van der Waals surface area contributed by atoms with Gasteiger partial charge in [-0.25, -0.2) is 4.99 Å². The van der Waals surface area contributed by atoms with Gasteiger partial charge in [0.15, 0.2) is 17.5 Å². The van der Waals surface area contributed by atoms with Gasteiger partial charge in [0.1, 0.15) is 0 Å². The van der Waals surface area contributed by atoms with E-state index in [1.54, 1.807) is 0 Å². The van der Waals surface area contributed by atoms with Crippen LogP contribution in [0.4, 0.5) is 0 Å². The SMILES string of the molecule is CCNC(=NCc1ccc2c(c1)OCO2)NCC(c1ccc(C)cc1)N1CCOCC1.I. The van der Waals surface area contributed by atoms with Crippen LogP contribution in [0.2, 0.25) is 0 Å². The normalized spacial score (nSPS) is 16.9. The number of rotatable bonds is 7. The van der Waals surface area contributed by atoms with E-state index in [0.29, 0.717) is 6.54 Å². The Kier molecular flexibility index (Phi) is 9.43. The number of fused-ring (bicyclic) bond motifs is 1. The molecule has 2 heterocycles. The van der Waals surface area contributed by atoms with Gasteiger partial charge in [0, 0.05) is 26.2 Å². The van der Waals surface area contributed by atoms with Crippen molar-refractivity contribution < 1.29 is 14.2 Å². The highest BCUT2D eigenvalue weighted by molar-refractivity contribution is 14.0. The molecule has 0 saturated carbocycles. The standard InChI is InChI=1S/C24H32N4O3.HI/c1-3-25-24(26-15-19-6-9-22-23(14-19)31-17-30-22)27-16-21(28-10-12-29-13-11-28)20-7-4-18(2)5-8-20;/h4-9,14,21H,3,10-13,15-17H2,1-2H3,(H2,25,26,27);1H. The first-order valence-corrected chi connectivity index (χ1v) is 11.0. The monoisotopic (exact) mass is 552 g/mol. The average molecular weight is 552 g/mol. The molecular formula is C24H33IN4O3. The number of ether oxygens (including phenoxy) is 3. The molecule has 0 radical (unpaired) electrons. The number of aryl methyl sites for hydroxylation is 1. The Bertz CT molecular complexity index is 885. The number of halogens is 1. The summed E-state index contributed by atoms with van der Waals surface area (Å²) in [7, 11) is 0. The van der Waals surface area contributed by atoms with Crippen LogP contribution >= 0.6 is 24.0 Å². The van der Waals surface area contributed by atoms with Gasteiger partial charge in [-0.05, 0) is 37.1 Å². The van der Waals surface area contributed by atoms with Crippen molar-refractivity contribution in [3.05, 3.63) is 59.2 Å². The highest BCUT2D eigenvalue weighted by atomic mass is 127. The Hall–Kier alpha value is -2.04. The van der Waals surface area contributed by atoms with Crippen molar-refractivity contribution in [3.8, 4) is 11.5 Å². The van der Waals surface area contributed by atoms with Crippen molar-refractivity contribution in [1.82, 2.24) is 15.5 Å². The number of nitrogens with one attached hydrogen (secondary N) is 2. The number of nitrogens with zero attached hydrogens (tertiary/aromatic N) is 2. The van der Waals surface area contributed by atoms with Crippen LogP contribution in [0.3, 0.4) is 0 Å². The van der Waals surface area contributed by atoms with Crippen LogP contribution in [0.15, 0.2) is 47.5 Å². The van der Waals surface area contributed by atoms with Gasteiger partial charge in [-0.15, -0.1) is 24.0 Å². The van der Waals surface area contributed by atoms with Crippen LogP contribution in [-0.2, 0) is 11.3 Å². The van der Waals surface area contributed by atoms with Crippen LogP contribution in [0.5, 0.6) is 11.5 Å². The minimum absolute atomic E-state index is 0. The predicted octanol–water partition coefficient (Wildman–Crippen LogP) is 3.47. The topological polar surface area (TPSA) is 67.4 Å². The third kappa shape index (κ3) is 6.49. The molecule has 7 nitrogen and oxygen atoms in total. The number of guanidine groups is 1. The van der Waals surface area contributed by atoms with E-state index in [9.17, 15) is 0 Å². The summed E-state index contributed by atoms with van der Waals surface area (Å²) in [6.45, 7) is 10.1. The highest BCUT2D eigenvalue weighted by Crippen LogP contribution is 2.32. The maximum atomic E-state index is 5.57. The summed E-state index contributed by atoms with van der Waals surface area (Å²) < 4.78 is 16.4. The van der Waals surface area contributed by atoms with Crippen LogP contribution in [0.1, 0.15) is 29.7 Å². The molecule has 2 N–H and O–H groups in total. The van der Waals surface area contributed by atoms with Gasteiger partial charge >= 0.3 is 0 Å². The molecule has 32 heavy (non-hydrogen) atoms. The third-order valence-corrected chi connectivity index (χ3v) is 5.61. The molecule has 8 heteroatoms. The van der Waals surface area contributed by atoms with Crippen LogP contribution in [-0.4, -0.2) is 57.0 Å². The van der Waals surface area contributed by atoms with Crippen LogP contribution < -0.4 is 20.1 Å². The lowest BCUT2D eigenvalue weighted by Crippen LogP contribution is -2.46. The molecule has 2 aromatic rings. The second-order valence-electron chi connectivity index (χ2n) is 7.84. The zero-order valence-electron chi connectivity index (χ0n) is 18.8. The van der Waals surface area contributed by atoms with Gasteiger partial charge in [0.05, 0.1) is 25.8 Å². The first-order valence-electron chi connectivity index (χ1n) is 11.0. The fourth-order valence-corrected chi connectivity index (χ4v) is 3.88. The van der Waals surface area contributed by atoms with Gasteiger partial charge in [-0.1, -0.05) is 35.9 Å². The number of morpholine rings is 1. The average Bonchev–Trinajstić information content (AvgIpc) is 3.27. The second kappa shape index (κ2) is 12.3. The number of hydrogen-bond donors (Lipinski definition) is 2. The van der Waals surface area contributed by atoms with E-state index < -0.39 is 0 Å². The number of aliphatic imine (C=N–C) groups is 1. The Labute approximate surface area is 207 Å². The molecule has 1 saturated heterocycles. The largest absolute Gasteiger partial charge is 0.454 e. The fraction of sp³-hybridized carbons (Fsp3) is 0.458. The van der Waals surface area contributed by atoms with Crippen LogP contribution in [0, 0.1) is 6.92 Å². The van der Waals surface area contributed by atoms with Gasteiger partial charge < -0.3 is 24.8 Å². The molecule has 0 amide bonds. The highest BCUT2D eigenvalue weighted by Gasteiger charge is 2.23. The maximum Gasteiger partial charge on any atom is 0.231 e. The molecule has 2 aliphatic heterocycles. The van der Waals surface area contributed by atoms with E-state index in [-0.39, 0.29) is 36.8 Å². The molecule has 0 bridgehead atoms. The lowest BCUT2D eigenvalue weighted by molar-refractivity contribution is 0.0170. The van der Waals surface area contributed by atoms with Crippen molar-refractivity contribution in [2.45, 2.75) is 26.4 Å². The Morgan fingerprint density at radius 2 is 1.78 bits per heavy atom. The van der Waals surface area contributed by atoms with Gasteiger partial charge in [0.2, 0.25) is 6.79 Å². The van der Waals surface area contributed by atoms with Crippen molar-refractivity contribution in [2.75, 3.05) is 46.2 Å². The molecule has 1 atom stereocenters. The van der Waals surface area contributed by atoms with E-state index in [1.165, 1.54) is 11.1 Å². The number of benzene rings is 2. The van der Waals surface area contributed by atoms with Gasteiger partial charge in [-0.2, -0.15) is 0 Å². The van der Waals surface area contributed by atoms with Gasteiger partial charge in [0.25, 0.3) is 0 Å². The van der Waals surface area contributed by atoms with Crippen molar-refractivity contribution >= 4 is 29.9 Å². The zero-order valence-corrected chi connectivity index (χ0v) is 21.1. The van der Waals surface area contributed by atoms with Crippen molar-refractivity contribution in [1.29, 1.82) is 0 Å². The van der Waals surface area contributed by atoms with E-state index in [0.717, 1.165) is 62.4 Å². The van der Waals surface area contributed by atoms with Crippen molar-refractivity contribution in [2.24, 2.45) is 4.99 Å². The summed E-state index contributed by atoms with van der Waals surface area (Å²) in [6, 6.07) is 15.1. The zero-order chi connectivity index (χ0) is 21.5. The maximum absolute atomic E-state index is 5.57. The minimum Gasteiger partial charge on any atom is -0.454 e. The van der Waals surface area contributed by atoms with Crippen LogP contribution in [0.25, 0.3) is 0 Å². The number of hydrogen-bond acceptors (Lipinski definition) is 5. The molecule has 1 unspecified atom stereocenters. The second-order valence-corrected chi connectivity index (χ2v) is 7.84. The lowest BCUT2D eigenvalue weighted by Gasteiger charge is -2.35. The molecule has 0 aliphatic carbocycles. The smallest absolute Gasteiger partial charge is 0.231 e. The van der Waals surface area contributed by atoms with E-state index in [1.807, 2.05) is 18.2 Å². The Balaban J connectivity index is 0.00000289. The summed E-state index contributed by atoms with van der Waals surface area (Å²) in [5.74, 6) is 2.40. The van der Waals surface area contributed by atoms with E-state index in [2.05, 4.69) is 53.6 Å². The molecule has 0 aromatic heterocycles. The molecule has 1 fully saturated rings. The summed E-state index contributed by atoms with van der Waals surface area (Å²) in [5, 5.41) is 6.92. The Morgan fingerprint density at radius 3 is 2.53 bits per heavy atom. The summed E-state index contributed by atoms with van der Waals surface area (Å²) in [5.41, 5.74) is 3.67. The third-order valence-electron chi connectivity index (χ3n) is 5.61. The Morgan fingerprint density at radius 1 is 1.03 bits per heavy atom. The minimum atomic E-state index is 0. The van der Waals surface area contributed by atoms with E-state index >= 15 is 0 Å². The first-order chi connectivity index (χ1) is 15.2. The molecular weight excluding hydrogens is 519 g/mol. The summed E-state index contributed by atoms with van der Waals surface area (Å²) in [6.07, 6.45) is 0. The fourth-order valence-electron chi connectivity index (χ4n) is 3.88. The van der Waals surface area contributed by atoms with Gasteiger partial charge in [-0.3, -0.25) is 4.90 Å². The molecule has 4 rings (SSSR count). The molecule has 2 aliphatic rings.